The fourth-order valence-electron chi connectivity index (χ4n) is 3.64. The van der Waals surface area contributed by atoms with Crippen molar-refractivity contribution in [2.75, 3.05) is 0 Å². The van der Waals surface area contributed by atoms with Crippen LogP contribution in [-0.2, 0) is 32.3 Å². The van der Waals surface area contributed by atoms with Crippen LogP contribution in [0.2, 0.25) is 0 Å². The van der Waals surface area contributed by atoms with Crippen LogP contribution in [0.4, 0.5) is 0 Å². The highest BCUT2D eigenvalue weighted by Crippen LogP contribution is 2.32. The molecule has 0 amide bonds. The highest BCUT2D eigenvalue weighted by Gasteiger charge is 2.35. The Labute approximate surface area is 198 Å². The maximum absolute atomic E-state index is 13.3. The van der Waals surface area contributed by atoms with Crippen molar-refractivity contribution in [3.05, 3.63) is 120 Å². The highest BCUT2D eigenvalue weighted by molar-refractivity contribution is 6.02. The van der Waals surface area contributed by atoms with Crippen molar-refractivity contribution in [2.24, 2.45) is 0 Å². The number of nitrogens with zero attached hydrogens (tertiary/aromatic N) is 2. The largest absolute Gasteiger partial charge is 0.460 e. The van der Waals surface area contributed by atoms with E-state index in [1.165, 1.54) is 0 Å². The van der Waals surface area contributed by atoms with Crippen LogP contribution in [0.1, 0.15) is 28.2 Å². The molecule has 0 aliphatic heterocycles. The quantitative estimate of drug-likeness (QED) is 0.276. The Kier molecular flexibility index (Phi) is 7.40. The molecule has 0 spiro atoms. The molecule has 6 heteroatoms. The number of carbonyl (C=O) groups excluding carboxylic acids is 2. The fraction of sp³-hybridized carbons (Fsp3) is 0.143. The Hall–Kier alpha value is -4.32. The van der Waals surface area contributed by atoms with Gasteiger partial charge in [0.25, 0.3) is 0 Å². The fourth-order valence-corrected chi connectivity index (χ4v) is 3.64. The van der Waals surface area contributed by atoms with Gasteiger partial charge in [-0.25, -0.2) is 9.97 Å². The van der Waals surface area contributed by atoms with E-state index in [9.17, 15) is 9.59 Å². The first kappa shape index (κ1) is 22.9. The summed E-state index contributed by atoms with van der Waals surface area (Å²) in [5, 5.41) is 0. The summed E-state index contributed by atoms with van der Waals surface area (Å²) >= 11 is 0. The molecular weight excluding hydrogens is 428 g/mol. The average molecular weight is 453 g/mol. The van der Waals surface area contributed by atoms with Crippen LogP contribution < -0.4 is 0 Å². The lowest BCUT2D eigenvalue weighted by Gasteiger charge is -2.19. The van der Waals surface area contributed by atoms with Gasteiger partial charge in [-0.3, -0.25) is 9.59 Å². The van der Waals surface area contributed by atoms with Gasteiger partial charge in [-0.1, -0.05) is 78.9 Å². The molecule has 0 fully saturated rings. The van der Waals surface area contributed by atoms with Crippen molar-refractivity contribution in [3.63, 3.8) is 0 Å². The van der Waals surface area contributed by atoms with Gasteiger partial charge in [0.2, 0.25) is 0 Å². The summed E-state index contributed by atoms with van der Waals surface area (Å²) in [6.07, 6.45) is 3.24. The Balaban J connectivity index is 1.67. The van der Waals surface area contributed by atoms with E-state index >= 15 is 0 Å². The van der Waals surface area contributed by atoms with Crippen molar-refractivity contribution in [2.45, 2.75) is 26.1 Å². The molecule has 170 valence electrons. The molecule has 0 radical (unpaired) electrons. The van der Waals surface area contributed by atoms with Crippen molar-refractivity contribution >= 4 is 11.9 Å². The molecule has 34 heavy (non-hydrogen) atoms. The van der Waals surface area contributed by atoms with E-state index in [0.717, 1.165) is 16.7 Å². The molecule has 4 aromatic rings. The smallest absolute Gasteiger partial charge is 0.325 e. The normalized spacial score (nSPS) is 10.6. The third kappa shape index (κ3) is 5.53. The van der Waals surface area contributed by atoms with Gasteiger partial charge in [0.1, 0.15) is 13.2 Å². The Morgan fingerprint density at radius 2 is 1.24 bits per heavy atom. The molecule has 0 atom stereocenters. The number of esters is 2. The standard InChI is InChI=1S/C28H24N2O4/c1-20-10-8-15-23(24(20)26-29-16-9-17-30-26)25(27(31)33-18-21-11-4-2-5-12-21)28(32)34-19-22-13-6-3-7-14-22/h2-17,25H,18-19H2,1H3. The molecule has 1 heterocycles. The van der Waals surface area contributed by atoms with Gasteiger partial charge < -0.3 is 9.47 Å². The van der Waals surface area contributed by atoms with Crippen LogP contribution >= 0.6 is 0 Å². The second kappa shape index (κ2) is 11.0. The zero-order valence-corrected chi connectivity index (χ0v) is 18.8. The van der Waals surface area contributed by atoms with Crippen LogP contribution in [0.5, 0.6) is 0 Å². The van der Waals surface area contributed by atoms with E-state index in [-0.39, 0.29) is 13.2 Å². The van der Waals surface area contributed by atoms with Crippen LogP contribution in [0.15, 0.2) is 97.3 Å². The molecule has 6 nitrogen and oxygen atoms in total. The minimum absolute atomic E-state index is 0.0468. The number of benzene rings is 3. The lowest BCUT2D eigenvalue weighted by atomic mass is 9.90. The van der Waals surface area contributed by atoms with Crippen LogP contribution in [0, 0.1) is 6.92 Å². The summed E-state index contributed by atoms with van der Waals surface area (Å²) < 4.78 is 11.1. The zero-order valence-electron chi connectivity index (χ0n) is 18.8. The third-order valence-corrected chi connectivity index (χ3v) is 5.32. The lowest BCUT2D eigenvalue weighted by Crippen LogP contribution is -2.27. The first-order chi connectivity index (χ1) is 16.6. The molecule has 0 aliphatic rings. The van der Waals surface area contributed by atoms with E-state index in [1.807, 2.05) is 73.7 Å². The molecule has 1 aromatic heterocycles. The Bertz CT molecular complexity index is 1190. The van der Waals surface area contributed by atoms with Gasteiger partial charge in [0, 0.05) is 18.0 Å². The zero-order chi connectivity index (χ0) is 23.8. The second-order valence-corrected chi connectivity index (χ2v) is 7.73. The SMILES string of the molecule is Cc1cccc(C(C(=O)OCc2ccccc2)C(=O)OCc2ccccc2)c1-c1ncccn1. The van der Waals surface area contributed by atoms with Crippen molar-refractivity contribution in [3.8, 4) is 11.4 Å². The number of aromatic nitrogens is 2. The second-order valence-electron chi connectivity index (χ2n) is 7.73. The summed E-state index contributed by atoms with van der Waals surface area (Å²) in [4.78, 5) is 35.3. The summed E-state index contributed by atoms with van der Waals surface area (Å²) in [6.45, 7) is 1.98. The van der Waals surface area contributed by atoms with Gasteiger partial charge in [0.15, 0.2) is 11.7 Å². The summed E-state index contributed by atoms with van der Waals surface area (Å²) in [6, 6.07) is 25.7. The molecule has 0 saturated carbocycles. The minimum atomic E-state index is -1.29. The molecular formula is C28H24N2O4. The van der Waals surface area contributed by atoms with Crippen molar-refractivity contribution in [1.82, 2.24) is 9.97 Å². The lowest BCUT2D eigenvalue weighted by molar-refractivity contribution is -0.159. The number of rotatable bonds is 8. The van der Waals surface area contributed by atoms with Crippen LogP contribution in [0.3, 0.4) is 0 Å². The maximum Gasteiger partial charge on any atom is 0.325 e. The average Bonchev–Trinajstić information content (AvgIpc) is 2.88. The summed E-state index contributed by atoms with van der Waals surface area (Å²) in [5.74, 6) is -2.24. The van der Waals surface area contributed by atoms with Gasteiger partial charge in [-0.2, -0.15) is 0 Å². The number of hydrogen-bond acceptors (Lipinski definition) is 6. The Morgan fingerprint density at radius 1 is 0.706 bits per heavy atom. The van der Waals surface area contributed by atoms with Crippen molar-refractivity contribution in [1.29, 1.82) is 0 Å². The molecule has 4 rings (SSSR count). The molecule has 3 aromatic carbocycles. The number of hydrogen-bond donors (Lipinski definition) is 0. The first-order valence-corrected chi connectivity index (χ1v) is 10.9. The number of carbonyl (C=O) groups is 2. The van der Waals surface area contributed by atoms with Crippen LogP contribution in [0.25, 0.3) is 11.4 Å². The van der Waals surface area contributed by atoms with Gasteiger partial charge >= 0.3 is 11.9 Å². The summed E-state index contributed by atoms with van der Waals surface area (Å²) in [5.41, 5.74) is 3.54. The third-order valence-electron chi connectivity index (χ3n) is 5.32. The van der Waals surface area contributed by atoms with Crippen LogP contribution in [-0.4, -0.2) is 21.9 Å². The molecule has 0 unspecified atom stereocenters. The monoisotopic (exact) mass is 452 g/mol. The van der Waals surface area contributed by atoms with E-state index in [4.69, 9.17) is 9.47 Å². The first-order valence-electron chi connectivity index (χ1n) is 10.9. The van der Waals surface area contributed by atoms with E-state index in [2.05, 4.69) is 9.97 Å². The minimum Gasteiger partial charge on any atom is -0.460 e. The molecule has 0 bridgehead atoms. The van der Waals surface area contributed by atoms with Gasteiger partial charge in [-0.05, 0) is 35.2 Å². The Morgan fingerprint density at radius 3 is 1.76 bits per heavy atom. The molecule has 0 saturated heterocycles. The molecule has 0 N–H and O–H groups in total. The van der Waals surface area contributed by atoms with E-state index in [1.54, 1.807) is 30.6 Å². The highest BCUT2D eigenvalue weighted by atomic mass is 16.6. The van der Waals surface area contributed by atoms with Gasteiger partial charge in [-0.15, -0.1) is 0 Å². The number of aryl methyl sites for hydroxylation is 1. The van der Waals surface area contributed by atoms with Crippen molar-refractivity contribution < 1.29 is 19.1 Å². The number of ether oxygens (including phenoxy) is 2. The topological polar surface area (TPSA) is 78.4 Å². The predicted octanol–water partition coefficient (Wildman–Crippen LogP) is 5.02. The van der Waals surface area contributed by atoms with E-state index < -0.39 is 17.9 Å². The summed E-state index contributed by atoms with van der Waals surface area (Å²) in [7, 11) is 0. The maximum atomic E-state index is 13.3. The molecule has 0 aliphatic carbocycles. The predicted molar refractivity (Wildman–Crippen MR) is 127 cm³/mol. The van der Waals surface area contributed by atoms with Gasteiger partial charge in [0.05, 0.1) is 0 Å². The van der Waals surface area contributed by atoms with E-state index in [0.29, 0.717) is 17.0 Å².